The molecule has 0 amide bonds. The van der Waals surface area contributed by atoms with Crippen LogP contribution in [0.2, 0.25) is 0 Å². The van der Waals surface area contributed by atoms with Gasteiger partial charge < -0.3 is 4.52 Å². The van der Waals surface area contributed by atoms with Gasteiger partial charge in [0.1, 0.15) is 6.26 Å². The monoisotopic (exact) mass is 439 g/mol. The molecule has 3 aromatic heterocycles. The molecule has 3 heterocycles. The Balaban J connectivity index is 1.63. The molecule has 158 valence electrons. The molecule has 0 aliphatic rings. The summed E-state index contributed by atoms with van der Waals surface area (Å²) in [5, 5.41) is 14.9. The molecule has 0 atom stereocenters. The first-order valence-electron chi connectivity index (χ1n) is 10.3. The maximum atomic E-state index is 4.94. The van der Waals surface area contributed by atoms with Crippen molar-refractivity contribution >= 4 is 22.7 Å². The van der Waals surface area contributed by atoms with Crippen LogP contribution in [-0.2, 0) is 12.3 Å². The molecule has 5 rings (SSSR count). The van der Waals surface area contributed by atoms with Crippen LogP contribution in [0.5, 0.6) is 0 Å². The van der Waals surface area contributed by atoms with Gasteiger partial charge in [0.25, 0.3) is 0 Å². The second-order valence-electron chi connectivity index (χ2n) is 7.42. The van der Waals surface area contributed by atoms with E-state index in [0.717, 1.165) is 44.4 Å². The molecule has 0 N–H and O–H groups in total. The number of allylic oxidation sites excluding steroid dienone is 1. The number of pyridine rings is 1. The zero-order chi connectivity index (χ0) is 21.9. The molecular weight excluding hydrogens is 418 g/mol. The average molecular weight is 440 g/mol. The first-order chi connectivity index (χ1) is 15.7. The van der Waals surface area contributed by atoms with Crippen LogP contribution in [0.1, 0.15) is 11.3 Å². The van der Waals surface area contributed by atoms with Crippen LogP contribution in [0.15, 0.2) is 89.3 Å². The molecule has 0 saturated carbocycles. The largest absolute Gasteiger partial charge is 0.364 e. The molecule has 7 heteroatoms. The van der Waals surface area contributed by atoms with Crippen molar-refractivity contribution in [3.05, 3.63) is 90.8 Å². The van der Waals surface area contributed by atoms with Crippen molar-refractivity contribution in [2.75, 3.05) is 0 Å². The van der Waals surface area contributed by atoms with E-state index in [1.807, 2.05) is 30.3 Å². The number of para-hydroxylation sites is 1. The van der Waals surface area contributed by atoms with E-state index in [9.17, 15) is 0 Å². The Kier molecular flexibility index (Phi) is 5.56. The summed E-state index contributed by atoms with van der Waals surface area (Å²) in [6, 6.07) is 20.5. The number of nitrogens with zero attached hydrogens (tertiary/aromatic N) is 5. The Labute approximate surface area is 190 Å². The fraction of sp³-hybridized carbons (Fsp3) is 0.120. The van der Waals surface area contributed by atoms with E-state index in [2.05, 4.69) is 69.8 Å². The minimum absolute atomic E-state index is 0.597. The lowest BCUT2D eigenvalue weighted by atomic mass is 10.0. The second kappa shape index (κ2) is 8.80. The third kappa shape index (κ3) is 3.94. The molecule has 0 fully saturated rings. The molecule has 0 aliphatic carbocycles. The van der Waals surface area contributed by atoms with Gasteiger partial charge in [-0.05, 0) is 19.1 Å². The van der Waals surface area contributed by atoms with E-state index in [-0.39, 0.29) is 0 Å². The van der Waals surface area contributed by atoms with Crippen LogP contribution in [-0.4, -0.2) is 24.9 Å². The molecule has 5 aromatic rings. The highest BCUT2D eigenvalue weighted by Gasteiger charge is 2.18. The standard InChI is InChI=1S/C25H21N5OS/c1-3-13-30-24(27-28-25(30)32-16-19-12-14-31-29-19)21-15-23(18-10-8-17(2)9-11-18)26-22-7-5-4-6-20(21)22/h3-12,14-15H,1,13,16H2,2H3. The summed E-state index contributed by atoms with van der Waals surface area (Å²) in [5.41, 5.74) is 5.97. The van der Waals surface area contributed by atoms with E-state index < -0.39 is 0 Å². The van der Waals surface area contributed by atoms with Gasteiger partial charge in [0.2, 0.25) is 0 Å². The van der Waals surface area contributed by atoms with E-state index in [1.165, 1.54) is 5.56 Å². The topological polar surface area (TPSA) is 69.6 Å². The molecule has 32 heavy (non-hydrogen) atoms. The summed E-state index contributed by atoms with van der Waals surface area (Å²) in [6.45, 7) is 6.61. The van der Waals surface area contributed by atoms with Crippen LogP contribution in [0.25, 0.3) is 33.5 Å². The van der Waals surface area contributed by atoms with Gasteiger partial charge in [-0.1, -0.05) is 71.0 Å². The van der Waals surface area contributed by atoms with Crippen LogP contribution in [0.4, 0.5) is 0 Å². The lowest BCUT2D eigenvalue weighted by molar-refractivity contribution is 0.414. The van der Waals surface area contributed by atoms with Crippen molar-refractivity contribution in [3.8, 4) is 22.6 Å². The minimum Gasteiger partial charge on any atom is -0.364 e. The Morgan fingerprint density at radius 3 is 2.69 bits per heavy atom. The number of rotatable bonds is 7. The van der Waals surface area contributed by atoms with Gasteiger partial charge in [0.15, 0.2) is 11.0 Å². The first kappa shape index (κ1) is 20.2. The van der Waals surface area contributed by atoms with E-state index in [0.29, 0.717) is 12.3 Å². The smallest absolute Gasteiger partial charge is 0.192 e. The first-order valence-corrected chi connectivity index (χ1v) is 11.2. The summed E-state index contributed by atoms with van der Waals surface area (Å²) < 4.78 is 7.02. The van der Waals surface area contributed by atoms with Crippen LogP contribution >= 0.6 is 11.8 Å². The van der Waals surface area contributed by atoms with Crippen LogP contribution < -0.4 is 0 Å². The minimum atomic E-state index is 0.597. The maximum Gasteiger partial charge on any atom is 0.192 e. The number of aryl methyl sites for hydroxylation is 1. The fourth-order valence-electron chi connectivity index (χ4n) is 3.57. The highest BCUT2D eigenvalue weighted by molar-refractivity contribution is 7.98. The van der Waals surface area contributed by atoms with Crippen molar-refractivity contribution in [2.45, 2.75) is 24.4 Å². The molecule has 2 aromatic carbocycles. The maximum absolute atomic E-state index is 4.94. The van der Waals surface area contributed by atoms with Crippen molar-refractivity contribution in [1.29, 1.82) is 0 Å². The van der Waals surface area contributed by atoms with Crippen molar-refractivity contribution in [1.82, 2.24) is 24.9 Å². The molecule has 0 aliphatic heterocycles. The predicted molar refractivity (Wildman–Crippen MR) is 127 cm³/mol. The van der Waals surface area contributed by atoms with E-state index >= 15 is 0 Å². The van der Waals surface area contributed by atoms with Gasteiger partial charge in [-0.3, -0.25) is 4.57 Å². The molecular formula is C25H21N5OS. The lowest BCUT2D eigenvalue weighted by Crippen LogP contribution is -2.02. The van der Waals surface area contributed by atoms with Crippen LogP contribution in [0, 0.1) is 6.92 Å². The summed E-state index contributed by atoms with van der Waals surface area (Å²) in [5.74, 6) is 1.44. The van der Waals surface area contributed by atoms with Gasteiger partial charge >= 0.3 is 0 Å². The van der Waals surface area contributed by atoms with Gasteiger partial charge in [-0.25, -0.2) is 4.98 Å². The van der Waals surface area contributed by atoms with Gasteiger partial charge in [-0.2, -0.15) is 0 Å². The highest BCUT2D eigenvalue weighted by Crippen LogP contribution is 2.33. The normalized spacial score (nSPS) is 11.2. The van der Waals surface area contributed by atoms with Gasteiger partial charge in [0, 0.05) is 34.9 Å². The SMILES string of the molecule is C=CCn1c(SCc2ccon2)nnc1-c1cc(-c2ccc(C)cc2)nc2ccccc12. The second-order valence-corrected chi connectivity index (χ2v) is 8.37. The summed E-state index contributed by atoms with van der Waals surface area (Å²) in [4.78, 5) is 4.91. The summed E-state index contributed by atoms with van der Waals surface area (Å²) >= 11 is 1.57. The number of thioether (sulfide) groups is 1. The fourth-order valence-corrected chi connectivity index (χ4v) is 4.41. The van der Waals surface area contributed by atoms with Crippen LogP contribution in [0.3, 0.4) is 0 Å². The lowest BCUT2D eigenvalue weighted by Gasteiger charge is -2.12. The molecule has 0 unspecified atom stereocenters. The molecule has 0 spiro atoms. The number of hydrogen-bond acceptors (Lipinski definition) is 6. The number of hydrogen-bond donors (Lipinski definition) is 0. The number of fused-ring (bicyclic) bond motifs is 1. The molecule has 0 bridgehead atoms. The highest BCUT2D eigenvalue weighted by atomic mass is 32.2. The third-order valence-corrected chi connectivity index (χ3v) is 6.17. The van der Waals surface area contributed by atoms with Crippen molar-refractivity contribution in [2.24, 2.45) is 0 Å². The molecule has 0 saturated heterocycles. The van der Waals surface area contributed by atoms with Gasteiger partial charge in [-0.15, -0.1) is 16.8 Å². The Morgan fingerprint density at radius 1 is 1.06 bits per heavy atom. The van der Waals surface area contributed by atoms with Crippen molar-refractivity contribution in [3.63, 3.8) is 0 Å². The summed E-state index contributed by atoms with van der Waals surface area (Å²) in [7, 11) is 0. The number of benzene rings is 2. The Bertz CT molecular complexity index is 1370. The third-order valence-electron chi connectivity index (χ3n) is 5.17. The Morgan fingerprint density at radius 2 is 1.91 bits per heavy atom. The summed E-state index contributed by atoms with van der Waals surface area (Å²) in [6.07, 6.45) is 3.43. The number of aromatic nitrogens is 5. The quantitative estimate of drug-likeness (QED) is 0.231. The predicted octanol–water partition coefficient (Wildman–Crippen LogP) is 5.94. The van der Waals surface area contributed by atoms with E-state index in [4.69, 9.17) is 9.51 Å². The van der Waals surface area contributed by atoms with Gasteiger partial charge in [0.05, 0.1) is 16.9 Å². The average Bonchev–Trinajstić information content (AvgIpc) is 3.48. The molecule has 6 nitrogen and oxygen atoms in total. The zero-order valence-corrected chi connectivity index (χ0v) is 18.4. The van der Waals surface area contributed by atoms with Crippen molar-refractivity contribution < 1.29 is 4.52 Å². The zero-order valence-electron chi connectivity index (χ0n) is 17.6. The molecule has 0 radical (unpaired) electrons. The Hall–Kier alpha value is -3.71. The van der Waals surface area contributed by atoms with E-state index in [1.54, 1.807) is 18.0 Å².